The molecular formula is C9H17N3O2S. The molecule has 0 aromatic carbocycles. The van der Waals surface area contributed by atoms with Gasteiger partial charge < -0.3 is 10.2 Å². The van der Waals surface area contributed by atoms with Gasteiger partial charge in [0.25, 0.3) is 6.17 Å². The number of nitrogens with zero attached hydrogens (tertiary/aromatic N) is 2. The van der Waals surface area contributed by atoms with E-state index >= 15 is 0 Å². The highest BCUT2D eigenvalue weighted by Gasteiger charge is 2.23. The summed E-state index contributed by atoms with van der Waals surface area (Å²) in [5.74, 6) is 0.304. The van der Waals surface area contributed by atoms with Crippen LogP contribution >= 0.6 is 12.2 Å². The molecule has 0 amide bonds. The summed E-state index contributed by atoms with van der Waals surface area (Å²) in [6.07, 6.45) is 1.21. The van der Waals surface area contributed by atoms with Crippen LogP contribution in [0.25, 0.3) is 0 Å². The third-order valence-electron chi connectivity index (χ3n) is 2.76. The van der Waals surface area contributed by atoms with Crippen molar-refractivity contribution in [1.82, 2.24) is 10.2 Å². The lowest BCUT2D eigenvalue weighted by molar-refractivity contribution is -0.521. The van der Waals surface area contributed by atoms with E-state index in [2.05, 4.69) is 17.3 Å². The summed E-state index contributed by atoms with van der Waals surface area (Å²) in [5, 5.41) is 13.2. The van der Waals surface area contributed by atoms with Gasteiger partial charge in [-0.3, -0.25) is 10.1 Å². The van der Waals surface area contributed by atoms with Gasteiger partial charge in [0.1, 0.15) is 0 Å². The molecule has 0 aromatic rings. The molecule has 0 spiro atoms. The van der Waals surface area contributed by atoms with Gasteiger partial charge in [0, 0.05) is 17.8 Å². The molecule has 1 N–H and O–H groups in total. The molecule has 6 heteroatoms. The topological polar surface area (TPSA) is 58.4 Å². The molecule has 1 rings (SSSR count). The van der Waals surface area contributed by atoms with Crippen molar-refractivity contribution < 1.29 is 4.92 Å². The quantitative estimate of drug-likeness (QED) is 0.338. The molecule has 1 saturated heterocycles. The van der Waals surface area contributed by atoms with Crippen LogP contribution in [0.15, 0.2) is 0 Å². The Kier molecular flexibility index (Phi) is 4.41. The number of nitro groups is 1. The summed E-state index contributed by atoms with van der Waals surface area (Å²) >= 11 is 5.17. The minimum Gasteiger partial charge on any atom is -0.318 e. The van der Waals surface area contributed by atoms with E-state index in [4.69, 9.17) is 12.2 Å². The van der Waals surface area contributed by atoms with Gasteiger partial charge in [0.05, 0.1) is 4.99 Å². The Morgan fingerprint density at radius 1 is 1.60 bits per heavy atom. The Labute approximate surface area is 95.0 Å². The maximum atomic E-state index is 10.4. The number of rotatable bonds is 3. The molecule has 0 saturated carbocycles. The zero-order valence-electron chi connectivity index (χ0n) is 9.10. The summed E-state index contributed by atoms with van der Waals surface area (Å²) in [4.78, 5) is 13.0. The van der Waals surface area contributed by atoms with Gasteiger partial charge in [-0.25, -0.2) is 0 Å². The monoisotopic (exact) mass is 231 g/mol. The smallest absolute Gasteiger partial charge is 0.282 e. The number of nitrogens with one attached hydrogen (secondary N) is 1. The first-order chi connectivity index (χ1) is 7.00. The minimum absolute atomic E-state index is 0.304. The second kappa shape index (κ2) is 5.37. The maximum Gasteiger partial charge on any atom is 0.282 e. The van der Waals surface area contributed by atoms with Crippen LogP contribution in [-0.2, 0) is 0 Å². The highest BCUT2D eigenvalue weighted by molar-refractivity contribution is 7.80. The summed E-state index contributed by atoms with van der Waals surface area (Å²) in [7, 11) is 2.08. The van der Waals surface area contributed by atoms with Gasteiger partial charge in [-0.15, -0.1) is 0 Å². The molecule has 1 heterocycles. The Morgan fingerprint density at radius 2 is 2.13 bits per heavy atom. The van der Waals surface area contributed by atoms with Crippen molar-refractivity contribution in [3.05, 3.63) is 10.1 Å². The fraction of sp³-hybridized carbons (Fsp3) is 0.889. The number of thiocarbonyl (C=S) groups is 1. The molecule has 0 bridgehead atoms. The molecule has 0 aromatic heterocycles. The van der Waals surface area contributed by atoms with Crippen LogP contribution in [0.3, 0.4) is 0 Å². The number of hydrogen-bond donors (Lipinski definition) is 1. The maximum absolute atomic E-state index is 10.4. The predicted molar refractivity (Wildman–Crippen MR) is 62.4 cm³/mol. The minimum atomic E-state index is -0.780. The molecule has 1 atom stereocenters. The Morgan fingerprint density at radius 3 is 2.60 bits per heavy atom. The summed E-state index contributed by atoms with van der Waals surface area (Å²) in [6, 6.07) is 0. The largest absolute Gasteiger partial charge is 0.318 e. The van der Waals surface area contributed by atoms with Crippen molar-refractivity contribution in [2.45, 2.75) is 25.9 Å². The van der Waals surface area contributed by atoms with E-state index in [-0.39, 0.29) is 4.92 Å². The van der Waals surface area contributed by atoms with Gasteiger partial charge in [-0.2, -0.15) is 0 Å². The summed E-state index contributed by atoms with van der Waals surface area (Å²) in [6.45, 7) is 3.54. The lowest BCUT2D eigenvalue weighted by atomic mass is 9.97. The average molecular weight is 231 g/mol. The SMILES string of the molecule is CC(NC(=S)C1CCN(C)CC1)[N+](=O)[O-]. The first-order valence-corrected chi connectivity index (χ1v) is 5.54. The van der Waals surface area contributed by atoms with Crippen molar-refractivity contribution in [3.63, 3.8) is 0 Å². The first kappa shape index (κ1) is 12.3. The molecule has 1 fully saturated rings. The fourth-order valence-corrected chi connectivity index (χ4v) is 2.05. The second-order valence-corrected chi connectivity index (χ2v) is 4.49. The zero-order valence-corrected chi connectivity index (χ0v) is 9.92. The van der Waals surface area contributed by atoms with E-state index in [9.17, 15) is 10.1 Å². The van der Waals surface area contributed by atoms with Crippen molar-refractivity contribution in [2.24, 2.45) is 5.92 Å². The van der Waals surface area contributed by atoms with Gasteiger partial charge >= 0.3 is 0 Å². The molecule has 1 aliphatic rings. The van der Waals surface area contributed by atoms with Crippen molar-refractivity contribution in [1.29, 1.82) is 0 Å². The molecular weight excluding hydrogens is 214 g/mol. The second-order valence-electron chi connectivity index (χ2n) is 4.05. The van der Waals surface area contributed by atoms with Crippen LogP contribution in [0.2, 0.25) is 0 Å². The summed E-state index contributed by atoms with van der Waals surface area (Å²) < 4.78 is 0. The third-order valence-corrected chi connectivity index (χ3v) is 3.21. The van der Waals surface area contributed by atoms with E-state index in [0.29, 0.717) is 10.9 Å². The van der Waals surface area contributed by atoms with E-state index in [0.717, 1.165) is 25.9 Å². The molecule has 0 radical (unpaired) electrons. The van der Waals surface area contributed by atoms with Gasteiger partial charge in [0.15, 0.2) is 0 Å². The van der Waals surface area contributed by atoms with E-state index in [1.807, 2.05) is 0 Å². The van der Waals surface area contributed by atoms with Crippen LogP contribution in [0.5, 0.6) is 0 Å². The van der Waals surface area contributed by atoms with E-state index in [1.54, 1.807) is 0 Å². The summed E-state index contributed by atoms with van der Waals surface area (Å²) in [5.41, 5.74) is 0. The van der Waals surface area contributed by atoms with Crippen molar-refractivity contribution in [2.75, 3.05) is 20.1 Å². The molecule has 5 nitrogen and oxygen atoms in total. The highest BCUT2D eigenvalue weighted by Crippen LogP contribution is 2.17. The average Bonchev–Trinajstić information content (AvgIpc) is 2.18. The highest BCUT2D eigenvalue weighted by atomic mass is 32.1. The van der Waals surface area contributed by atoms with Gasteiger partial charge in [-0.1, -0.05) is 12.2 Å². The zero-order chi connectivity index (χ0) is 11.4. The normalized spacial score (nSPS) is 20.9. The van der Waals surface area contributed by atoms with Crippen LogP contribution in [0.4, 0.5) is 0 Å². The lowest BCUT2D eigenvalue weighted by Crippen LogP contribution is -2.43. The third kappa shape index (κ3) is 3.71. The molecule has 1 unspecified atom stereocenters. The Balaban J connectivity index is 2.37. The lowest BCUT2D eigenvalue weighted by Gasteiger charge is -2.29. The van der Waals surface area contributed by atoms with Crippen LogP contribution in [0.1, 0.15) is 19.8 Å². The van der Waals surface area contributed by atoms with Crippen molar-refractivity contribution in [3.8, 4) is 0 Å². The molecule has 86 valence electrons. The number of hydrogen-bond acceptors (Lipinski definition) is 4. The van der Waals surface area contributed by atoms with Crippen LogP contribution < -0.4 is 5.32 Å². The molecule has 15 heavy (non-hydrogen) atoms. The van der Waals surface area contributed by atoms with E-state index < -0.39 is 6.17 Å². The number of piperidine rings is 1. The van der Waals surface area contributed by atoms with Gasteiger partial charge in [-0.05, 0) is 33.0 Å². The van der Waals surface area contributed by atoms with Crippen LogP contribution in [-0.4, -0.2) is 41.1 Å². The molecule has 1 aliphatic heterocycles. The predicted octanol–water partition coefficient (Wildman–Crippen LogP) is 0.868. The van der Waals surface area contributed by atoms with E-state index in [1.165, 1.54) is 6.92 Å². The standard InChI is InChI=1S/C9H17N3O2S/c1-7(12(13)14)10-9(15)8-3-5-11(2)6-4-8/h7-8H,3-6H2,1-2H3,(H,10,15). The number of likely N-dealkylation sites (tertiary alicyclic amines) is 1. The Hall–Kier alpha value is -0.750. The first-order valence-electron chi connectivity index (χ1n) is 5.13. The molecule has 0 aliphatic carbocycles. The van der Waals surface area contributed by atoms with Crippen LogP contribution in [0, 0.1) is 16.0 Å². The van der Waals surface area contributed by atoms with Gasteiger partial charge in [0.2, 0.25) is 0 Å². The van der Waals surface area contributed by atoms with Crippen molar-refractivity contribution >= 4 is 17.2 Å². The fourth-order valence-electron chi connectivity index (χ4n) is 1.65. The Bertz CT molecular complexity index is 252.